The molecule has 0 bridgehead atoms. The number of H-pyrrole nitrogens is 1. The van der Waals surface area contributed by atoms with E-state index in [-0.39, 0.29) is 11.9 Å². The number of hydrogen-bond donors (Lipinski definition) is 2. The van der Waals surface area contributed by atoms with Crippen LogP contribution in [0.4, 0.5) is 0 Å². The van der Waals surface area contributed by atoms with Gasteiger partial charge in [0.25, 0.3) is 0 Å². The molecule has 1 unspecified atom stereocenters. The van der Waals surface area contributed by atoms with Crippen LogP contribution in [-0.2, 0) is 20.7 Å². The first-order valence-electron chi connectivity index (χ1n) is 8.43. The largest absolute Gasteiger partial charge is 0.467 e. The maximum Gasteiger partial charge on any atom is 0.328 e. The van der Waals surface area contributed by atoms with Crippen LogP contribution < -0.4 is 5.32 Å². The summed E-state index contributed by atoms with van der Waals surface area (Å²) in [5.41, 5.74) is 2.32. The van der Waals surface area contributed by atoms with Gasteiger partial charge in [0.05, 0.1) is 7.11 Å². The Morgan fingerprint density at radius 3 is 2.71 bits per heavy atom. The standard InChI is InChI=1S/C19H26N2O3/c1-13(2)11-17(19(23)24-3)21-18(22)10-6-7-14-12-20-16-9-5-4-8-15(14)16/h4-5,8-9,12-13,17,20H,6-7,10-11H2,1-3H3,(H,21,22). The third-order valence-electron chi connectivity index (χ3n) is 4.05. The Bertz CT molecular complexity index is 691. The van der Waals surface area contributed by atoms with E-state index >= 15 is 0 Å². The molecule has 0 aliphatic heterocycles. The summed E-state index contributed by atoms with van der Waals surface area (Å²) in [6, 6.07) is 7.57. The Kier molecular flexibility index (Phi) is 6.41. The number of ether oxygens (including phenoxy) is 1. The number of carbonyl (C=O) groups excluding carboxylic acids is 2. The number of aryl methyl sites for hydroxylation is 1. The number of amides is 1. The molecule has 1 aromatic carbocycles. The number of aromatic amines is 1. The fourth-order valence-corrected chi connectivity index (χ4v) is 2.87. The van der Waals surface area contributed by atoms with E-state index in [1.807, 2.05) is 38.2 Å². The highest BCUT2D eigenvalue weighted by atomic mass is 16.5. The second-order valence-corrected chi connectivity index (χ2v) is 6.49. The maximum atomic E-state index is 12.1. The average Bonchev–Trinajstić information content (AvgIpc) is 2.96. The summed E-state index contributed by atoms with van der Waals surface area (Å²) in [5.74, 6) is -0.180. The van der Waals surface area contributed by atoms with E-state index in [1.165, 1.54) is 18.1 Å². The summed E-state index contributed by atoms with van der Waals surface area (Å²) >= 11 is 0. The van der Waals surface area contributed by atoms with Crippen LogP contribution in [0, 0.1) is 5.92 Å². The number of esters is 1. The van der Waals surface area contributed by atoms with Gasteiger partial charge in [-0.25, -0.2) is 4.79 Å². The van der Waals surface area contributed by atoms with Crippen molar-refractivity contribution in [3.63, 3.8) is 0 Å². The molecule has 0 saturated carbocycles. The highest BCUT2D eigenvalue weighted by molar-refractivity contribution is 5.85. The minimum Gasteiger partial charge on any atom is -0.467 e. The average molecular weight is 330 g/mol. The molecule has 1 amide bonds. The Balaban J connectivity index is 1.84. The maximum absolute atomic E-state index is 12.1. The molecule has 1 heterocycles. The lowest BCUT2D eigenvalue weighted by Crippen LogP contribution is -2.42. The number of methoxy groups -OCH3 is 1. The number of hydrogen-bond acceptors (Lipinski definition) is 3. The lowest BCUT2D eigenvalue weighted by atomic mass is 10.0. The third kappa shape index (κ3) is 4.85. The fourth-order valence-electron chi connectivity index (χ4n) is 2.87. The number of nitrogens with one attached hydrogen (secondary N) is 2. The quantitative estimate of drug-likeness (QED) is 0.730. The van der Waals surface area contributed by atoms with Crippen molar-refractivity contribution in [2.24, 2.45) is 5.92 Å². The van der Waals surface area contributed by atoms with E-state index in [2.05, 4.69) is 16.4 Å². The first kappa shape index (κ1) is 18.0. The van der Waals surface area contributed by atoms with Gasteiger partial charge >= 0.3 is 5.97 Å². The van der Waals surface area contributed by atoms with Gasteiger partial charge in [-0.05, 0) is 36.8 Å². The smallest absolute Gasteiger partial charge is 0.328 e. The van der Waals surface area contributed by atoms with E-state index in [0.29, 0.717) is 18.8 Å². The summed E-state index contributed by atoms with van der Waals surface area (Å²) < 4.78 is 4.77. The Labute approximate surface area is 142 Å². The van der Waals surface area contributed by atoms with Gasteiger partial charge in [-0.2, -0.15) is 0 Å². The summed E-state index contributed by atoms with van der Waals surface area (Å²) in [5, 5.41) is 3.99. The first-order valence-corrected chi connectivity index (χ1v) is 8.43. The van der Waals surface area contributed by atoms with Gasteiger partial charge in [0.15, 0.2) is 0 Å². The molecule has 5 nitrogen and oxygen atoms in total. The predicted octanol–water partition coefficient (Wildman–Crippen LogP) is 3.19. The van der Waals surface area contributed by atoms with Crippen molar-refractivity contribution in [1.82, 2.24) is 10.3 Å². The predicted molar refractivity (Wildman–Crippen MR) is 94.6 cm³/mol. The van der Waals surface area contributed by atoms with Crippen molar-refractivity contribution in [1.29, 1.82) is 0 Å². The lowest BCUT2D eigenvalue weighted by Gasteiger charge is -2.18. The molecule has 1 aromatic heterocycles. The zero-order valence-electron chi connectivity index (χ0n) is 14.6. The van der Waals surface area contributed by atoms with E-state index in [4.69, 9.17) is 4.74 Å². The van der Waals surface area contributed by atoms with E-state index < -0.39 is 6.04 Å². The van der Waals surface area contributed by atoms with E-state index in [0.717, 1.165) is 18.4 Å². The minimum atomic E-state index is -0.560. The highest BCUT2D eigenvalue weighted by Crippen LogP contribution is 2.19. The molecular formula is C19H26N2O3. The van der Waals surface area contributed by atoms with Crippen molar-refractivity contribution >= 4 is 22.8 Å². The molecule has 1 atom stereocenters. The van der Waals surface area contributed by atoms with Crippen molar-refractivity contribution in [3.05, 3.63) is 36.0 Å². The highest BCUT2D eigenvalue weighted by Gasteiger charge is 2.22. The van der Waals surface area contributed by atoms with Crippen LogP contribution in [0.15, 0.2) is 30.5 Å². The SMILES string of the molecule is COC(=O)C(CC(C)C)NC(=O)CCCc1c[nH]c2ccccc12. The summed E-state index contributed by atoms with van der Waals surface area (Å²) in [4.78, 5) is 27.1. The van der Waals surface area contributed by atoms with Crippen LogP contribution in [-0.4, -0.2) is 30.0 Å². The van der Waals surface area contributed by atoms with Crippen LogP contribution in [0.5, 0.6) is 0 Å². The first-order chi connectivity index (χ1) is 11.5. The van der Waals surface area contributed by atoms with Crippen molar-refractivity contribution in [3.8, 4) is 0 Å². The van der Waals surface area contributed by atoms with Gasteiger partial charge in [-0.3, -0.25) is 4.79 Å². The second-order valence-electron chi connectivity index (χ2n) is 6.49. The summed E-state index contributed by atoms with van der Waals surface area (Å²) in [6.07, 6.45) is 4.54. The number of fused-ring (bicyclic) bond motifs is 1. The lowest BCUT2D eigenvalue weighted by molar-refractivity contribution is -0.145. The second kappa shape index (κ2) is 8.52. The molecule has 130 valence electrons. The molecule has 2 N–H and O–H groups in total. The number of rotatable bonds is 8. The zero-order valence-corrected chi connectivity index (χ0v) is 14.6. The molecule has 2 rings (SSSR count). The normalized spacial score (nSPS) is 12.3. The zero-order chi connectivity index (χ0) is 17.5. The van der Waals surface area contributed by atoms with Gasteiger partial charge in [0, 0.05) is 23.5 Å². The molecule has 5 heteroatoms. The topological polar surface area (TPSA) is 71.2 Å². The van der Waals surface area contributed by atoms with Gasteiger partial charge in [0.2, 0.25) is 5.91 Å². The number of benzene rings is 1. The van der Waals surface area contributed by atoms with Crippen LogP contribution >= 0.6 is 0 Å². The molecule has 0 fully saturated rings. The van der Waals surface area contributed by atoms with Crippen molar-refractivity contribution in [2.45, 2.75) is 45.6 Å². The monoisotopic (exact) mass is 330 g/mol. The molecule has 0 aliphatic carbocycles. The van der Waals surface area contributed by atoms with Crippen LogP contribution in [0.1, 0.15) is 38.7 Å². The molecule has 24 heavy (non-hydrogen) atoms. The summed E-state index contributed by atoms with van der Waals surface area (Å²) in [7, 11) is 1.35. The van der Waals surface area contributed by atoms with Crippen molar-refractivity contribution < 1.29 is 14.3 Å². The molecule has 0 saturated heterocycles. The Morgan fingerprint density at radius 1 is 1.25 bits per heavy atom. The van der Waals surface area contributed by atoms with Gasteiger partial charge in [-0.1, -0.05) is 32.0 Å². The molecular weight excluding hydrogens is 304 g/mol. The fraction of sp³-hybridized carbons (Fsp3) is 0.474. The Hall–Kier alpha value is -2.30. The molecule has 0 aliphatic rings. The minimum absolute atomic E-state index is 0.106. The third-order valence-corrected chi connectivity index (χ3v) is 4.05. The van der Waals surface area contributed by atoms with Crippen LogP contribution in [0.25, 0.3) is 10.9 Å². The van der Waals surface area contributed by atoms with E-state index in [1.54, 1.807) is 0 Å². The van der Waals surface area contributed by atoms with Crippen LogP contribution in [0.3, 0.4) is 0 Å². The molecule has 0 radical (unpaired) electrons. The molecule has 2 aromatic rings. The van der Waals surface area contributed by atoms with Crippen molar-refractivity contribution in [2.75, 3.05) is 7.11 Å². The summed E-state index contributed by atoms with van der Waals surface area (Å²) in [6.45, 7) is 4.03. The molecule has 0 spiro atoms. The van der Waals surface area contributed by atoms with E-state index in [9.17, 15) is 9.59 Å². The number of carbonyl (C=O) groups is 2. The van der Waals surface area contributed by atoms with Gasteiger partial charge < -0.3 is 15.0 Å². The van der Waals surface area contributed by atoms with Gasteiger partial charge in [-0.15, -0.1) is 0 Å². The number of para-hydroxylation sites is 1. The Morgan fingerprint density at radius 2 is 2.00 bits per heavy atom. The van der Waals surface area contributed by atoms with Crippen LogP contribution in [0.2, 0.25) is 0 Å². The van der Waals surface area contributed by atoms with Gasteiger partial charge in [0.1, 0.15) is 6.04 Å². The number of aromatic nitrogens is 1.